The molecule has 12 heavy (non-hydrogen) atoms. The normalized spacial score (nSPS) is 11.6. The number of hydrogen-bond donors (Lipinski definition) is 1. The molecule has 4 nitrogen and oxygen atoms in total. The Labute approximate surface area is 64.2 Å². The first kappa shape index (κ1) is 8.57. The Hall–Kier alpha value is -1.53. The number of aromatic nitrogens is 2. The summed E-state index contributed by atoms with van der Waals surface area (Å²) in [5.41, 5.74) is -0.900. The summed E-state index contributed by atoms with van der Waals surface area (Å²) in [7, 11) is 0. The van der Waals surface area contributed by atoms with E-state index in [0.29, 0.717) is 0 Å². The number of carboxylic acids is 1. The van der Waals surface area contributed by atoms with Crippen LogP contribution in [0.3, 0.4) is 0 Å². The van der Waals surface area contributed by atoms with Crippen LogP contribution in [0.15, 0.2) is 12.3 Å². The highest BCUT2D eigenvalue weighted by Crippen LogP contribution is 2.22. The van der Waals surface area contributed by atoms with Crippen molar-refractivity contribution in [1.29, 1.82) is 0 Å². The van der Waals surface area contributed by atoms with Crippen LogP contribution in [0.5, 0.6) is 0 Å². The van der Waals surface area contributed by atoms with E-state index in [0.717, 1.165) is 12.3 Å². The molecular weight excluding hydrogens is 177 g/mol. The highest BCUT2D eigenvalue weighted by molar-refractivity contribution is 5.85. The summed E-state index contributed by atoms with van der Waals surface area (Å²) < 4.78 is 35.1. The lowest BCUT2D eigenvalue weighted by atomic mass is 10.4. The van der Waals surface area contributed by atoms with Crippen LogP contribution in [0, 0.1) is 0 Å². The first-order chi connectivity index (χ1) is 5.43. The van der Waals surface area contributed by atoms with Crippen LogP contribution in [-0.2, 0) is 6.30 Å². The molecule has 0 aliphatic carbocycles. The lowest BCUT2D eigenvalue weighted by Gasteiger charge is -2.06. The molecule has 0 bridgehead atoms. The fourth-order valence-corrected chi connectivity index (χ4v) is 0.667. The highest BCUT2D eigenvalue weighted by Gasteiger charge is 2.35. The van der Waals surface area contributed by atoms with Crippen molar-refractivity contribution in [2.75, 3.05) is 0 Å². The van der Waals surface area contributed by atoms with Gasteiger partial charge in [0.15, 0.2) is 5.69 Å². The van der Waals surface area contributed by atoms with Crippen LogP contribution < -0.4 is 0 Å². The molecular formula is C5H3F3N2O2. The second-order valence-electron chi connectivity index (χ2n) is 1.90. The molecule has 0 aliphatic rings. The maximum absolute atomic E-state index is 11.9. The van der Waals surface area contributed by atoms with Gasteiger partial charge in [0, 0.05) is 0 Å². The minimum atomic E-state index is -4.78. The van der Waals surface area contributed by atoms with Crippen molar-refractivity contribution in [3.8, 4) is 0 Å². The number of aromatic carboxylic acids is 1. The largest absolute Gasteiger partial charge is 0.505 e. The molecule has 0 spiro atoms. The second-order valence-corrected chi connectivity index (χ2v) is 1.90. The van der Waals surface area contributed by atoms with Gasteiger partial charge in [0.25, 0.3) is 0 Å². The van der Waals surface area contributed by atoms with Crippen LogP contribution >= 0.6 is 0 Å². The molecule has 0 fully saturated rings. The fourth-order valence-electron chi connectivity index (χ4n) is 0.667. The lowest BCUT2D eigenvalue weighted by Crippen LogP contribution is -2.22. The summed E-state index contributed by atoms with van der Waals surface area (Å²) in [6.07, 6.45) is -4.01. The molecule has 0 amide bonds. The second kappa shape index (κ2) is 2.50. The Balaban J connectivity index is 3.17. The van der Waals surface area contributed by atoms with Gasteiger partial charge in [-0.3, -0.25) is 0 Å². The smallest absolute Gasteiger partial charge is 0.477 e. The minimum absolute atomic E-state index is 0.505. The van der Waals surface area contributed by atoms with Gasteiger partial charge in [-0.05, 0) is 6.07 Å². The number of hydrogen-bond acceptors (Lipinski definition) is 2. The van der Waals surface area contributed by atoms with E-state index < -0.39 is 22.6 Å². The molecule has 7 heteroatoms. The van der Waals surface area contributed by atoms with Crippen LogP contribution in [0.4, 0.5) is 13.2 Å². The van der Waals surface area contributed by atoms with Gasteiger partial charge in [-0.15, -0.1) is 13.2 Å². The molecule has 1 heterocycles. The zero-order valence-electron chi connectivity index (χ0n) is 5.54. The number of carbonyl (C=O) groups is 1. The molecule has 66 valence electrons. The summed E-state index contributed by atoms with van der Waals surface area (Å²) in [5, 5.41) is 11.1. The number of rotatable bonds is 1. The Morgan fingerprint density at radius 2 is 2.17 bits per heavy atom. The zero-order valence-corrected chi connectivity index (χ0v) is 5.54. The van der Waals surface area contributed by atoms with Gasteiger partial charge in [-0.2, -0.15) is 9.78 Å². The summed E-state index contributed by atoms with van der Waals surface area (Å²) in [6, 6.07) is 0.774. The molecule has 0 saturated heterocycles. The zero-order chi connectivity index (χ0) is 9.35. The van der Waals surface area contributed by atoms with E-state index in [4.69, 9.17) is 5.11 Å². The fraction of sp³-hybridized carbons (Fsp3) is 0.200. The van der Waals surface area contributed by atoms with Gasteiger partial charge in [-0.25, -0.2) is 4.79 Å². The van der Waals surface area contributed by atoms with E-state index in [9.17, 15) is 18.0 Å². The maximum atomic E-state index is 11.9. The lowest BCUT2D eigenvalue weighted by molar-refractivity contribution is -0.213. The number of carboxylic acid groups (broad SMARTS) is 1. The number of alkyl halides is 3. The summed E-state index contributed by atoms with van der Waals surface area (Å²) in [4.78, 5) is 10.2. The van der Waals surface area contributed by atoms with Gasteiger partial charge in [0.2, 0.25) is 0 Å². The molecule has 1 aromatic heterocycles. The third-order valence-corrected chi connectivity index (χ3v) is 1.10. The van der Waals surface area contributed by atoms with Gasteiger partial charge in [0.1, 0.15) is 0 Å². The molecule has 0 aliphatic heterocycles. The van der Waals surface area contributed by atoms with Crippen molar-refractivity contribution in [2.24, 2.45) is 0 Å². The molecule has 0 unspecified atom stereocenters. The topological polar surface area (TPSA) is 55.1 Å². The van der Waals surface area contributed by atoms with Crippen molar-refractivity contribution in [2.45, 2.75) is 6.30 Å². The number of nitrogens with zero attached hydrogens (tertiary/aromatic N) is 2. The van der Waals surface area contributed by atoms with Gasteiger partial charge >= 0.3 is 12.3 Å². The van der Waals surface area contributed by atoms with Gasteiger partial charge in [0.05, 0.1) is 6.20 Å². The van der Waals surface area contributed by atoms with E-state index in [1.54, 1.807) is 0 Å². The van der Waals surface area contributed by atoms with E-state index >= 15 is 0 Å². The predicted octanol–water partition coefficient (Wildman–Crippen LogP) is 1.06. The van der Waals surface area contributed by atoms with Gasteiger partial charge < -0.3 is 5.11 Å². The Bertz CT molecular complexity index is 304. The minimum Gasteiger partial charge on any atom is -0.477 e. The predicted molar refractivity (Wildman–Crippen MR) is 30.5 cm³/mol. The molecule has 1 rings (SSSR count). The van der Waals surface area contributed by atoms with Crippen molar-refractivity contribution < 1.29 is 23.1 Å². The van der Waals surface area contributed by atoms with Crippen molar-refractivity contribution >= 4 is 5.97 Å². The highest BCUT2D eigenvalue weighted by atomic mass is 19.4. The van der Waals surface area contributed by atoms with Crippen molar-refractivity contribution in [3.05, 3.63) is 18.0 Å². The number of halogens is 3. The van der Waals surface area contributed by atoms with E-state index in [1.807, 2.05) is 0 Å². The Morgan fingerprint density at radius 3 is 2.50 bits per heavy atom. The third kappa shape index (κ3) is 1.39. The molecule has 0 saturated carbocycles. The Kier molecular flexibility index (Phi) is 1.79. The molecule has 1 aromatic rings. The van der Waals surface area contributed by atoms with E-state index in [2.05, 4.69) is 5.10 Å². The average molecular weight is 180 g/mol. The van der Waals surface area contributed by atoms with Crippen LogP contribution in [0.2, 0.25) is 0 Å². The molecule has 0 atom stereocenters. The summed E-state index contributed by atoms with van der Waals surface area (Å²) in [6.45, 7) is 0. The van der Waals surface area contributed by atoms with Crippen molar-refractivity contribution in [3.63, 3.8) is 0 Å². The van der Waals surface area contributed by atoms with Crippen LogP contribution in [-0.4, -0.2) is 20.9 Å². The first-order valence-corrected chi connectivity index (χ1v) is 2.77. The molecule has 0 radical (unpaired) electrons. The summed E-state index contributed by atoms with van der Waals surface area (Å²) >= 11 is 0. The van der Waals surface area contributed by atoms with E-state index in [1.165, 1.54) is 0 Å². The van der Waals surface area contributed by atoms with Crippen LogP contribution in [0.25, 0.3) is 0 Å². The SMILES string of the molecule is O=C(O)c1ccnn1C(F)(F)F. The Morgan fingerprint density at radius 1 is 1.58 bits per heavy atom. The van der Waals surface area contributed by atoms with Crippen molar-refractivity contribution in [1.82, 2.24) is 9.78 Å². The monoisotopic (exact) mass is 180 g/mol. The average Bonchev–Trinajstić information content (AvgIpc) is 2.30. The van der Waals surface area contributed by atoms with Gasteiger partial charge in [-0.1, -0.05) is 0 Å². The summed E-state index contributed by atoms with van der Waals surface area (Å²) in [5.74, 6) is -1.66. The molecule has 0 aromatic carbocycles. The first-order valence-electron chi connectivity index (χ1n) is 2.77. The molecule has 1 N–H and O–H groups in total. The quantitative estimate of drug-likeness (QED) is 0.702. The third-order valence-electron chi connectivity index (χ3n) is 1.10. The standard InChI is InChI=1S/C5H3F3N2O2/c6-5(7,8)10-3(4(11)12)1-2-9-10/h1-2H,(H,11,12). The van der Waals surface area contributed by atoms with E-state index in [-0.39, 0.29) is 0 Å². The maximum Gasteiger partial charge on any atom is 0.505 e. The van der Waals surface area contributed by atoms with Crippen LogP contribution in [0.1, 0.15) is 10.5 Å².